The third kappa shape index (κ3) is 2.05. The second-order valence-corrected chi connectivity index (χ2v) is 2.84. The van der Waals surface area contributed by atoms with E-state index in [1.807, 2.05) is 7.05 Å². The minimum atomic E-state index is 0.329. The van der Waals surface area contributed by atoms with E-state index in [1.165, 1.54) is 11.1 Å². The zero-order chi connectivity index (χ0) is 8.27. The van der Waals surface area contributed by atoms with Gasteiger partial charge in [-0.3, -0.25) is 0 Å². The molecule has 0 spiro atoms. The molecule has 60 valence electrons. The number of benzene rings is 1. The van der Waals surface area contributed by atoms with E-state index < -0.39 is 0 Å². The summed E-state index contributed by atoms with van der Waals surface area (Å²) in [7, 11) is 1.85. The van der Waals surface area contributed by atoms with Crippen LogP contribution in [0.3, 0.4) is 0 Å². The zero-order valence-electron chi connectivity index (χ0n) is 7.33. The van der Waals surface area contributed by atoms with Crippen LogP contribution in [-0.2, 0) is 0 Å². The van der Waals surface area contributed by atoms with Gasteiger partial charge in [0.25, 0.3) is 0 Å². The van der Waals surface area contributed by atoms with E-state index >= 15 is 0 Å². The van der Waals surface area contributed by atoms with Crippen molar-refractivity contribution in [2.24, 2.45) is 0 Å². The summed E-state index contributed by atoms with van der Waals surface area (Å²) in [6, 6.07) is 8.84. The lowest BCUT2D eigenvalue weighted by Gasteiger charge is -2.23. The molecule has 1 nitrogen and oxygen atoms in total. The van der Waals surface area contributed by atoms with Crippen molar-refractivity contribution < 1.29 is 0 Å². The van der Waals surface area contributed by atoms with Gasteiger partial charge in [-0.15, -0.1) is 6.04 Å². The molecule has 0 N–H and O–H groups in total. The molecule has 1 heteroatoms. The Hall–Kier alpha value is -0.820. The summed E-state index contributed by atoms with van der Waals surface area (Å²) in [6.45, 7) is 4.20. The first kappa shape index (κ1) is 8.28. The highest BCUT2D eigenvalue weighted by molar-refractivity contribution is 5.25. The molecule has 1 atom stereocenters. The highest BCUT2D eigenvalue weighted by atomic mass is 14.8. The minimum Gasteiger partial charge on any atom is -0.659 e. The molecule has 1 aromatic rings. The highest BCUT2D eigenvalue weighted by Crippen LogP contribution is 2.19. The summed E-state index contributed by atoms with van der Waals surface area (Å²) in [5.74, 6) is 0. The number of aryl methyl sites for hydroxylation is 1. The highest BCUT2D eigenvalue weighted by Gasteiger charge is 1.91. The van der Waals surface area contributed by atoms with E-state index in [2.05, 4.69) is 43.4 Å². The Labute approximate surface area is 68.4 Å². The van der Waals surface area contributed by atoms with Crippen LogP contribution in [0.4, 0.5) is 0 Å². The van der Waals surface area contributed by atoms with Gasteiger partial charge in [-0.25, -0.2) is 0 Å². The van der Waals surface area contributed by atoms with Crippen LogP contribution in [0, 0.1) is 6.92 Å². The standard InChI is InChI=1S/C10H14N/c1-8-4-6-10(7-5-8)9(2)11-3/h4-7,9H,1-3H3/q-1/t9-/m0/s1. The fraction of sp³-hybridized carbons (Fsp3) is 0.400. The van der Waals surface area contributed by atoms with Gasteiger partial charge in [-0.2, -0.15) is 7.05 Å². The Balaban J connectivity index is 2.81. The van der Waals surface area contributed by atoms with E-state index in [9.17, 15) is 0 Å². The molecule has 0 saturated carbocycles. The Morgan fingerprint density at radius 3 is 2.18 bits per heavy atom. The predicted molar refractivity (Wildman–Crippen MR) is 48.9 cm³/mol. The number of hydrogen-bond donors (Lipinski definition) is 0. The van der Waals surface area contributed by atoms with Crippen molar-refractivity contribution in [3.63, 3.8) is 0 Å². The zero-order valence-corrected chi connectivity index (χ0v) is 7.33. The van der Waals surface area contributed by atoms with Gasteiger partial charge in [0.05, 0.1) is 0 Å². The van der Waals surface area contributed by atoms with Crippen LogP contribution in [-0.4, -0.2) is 7.05 Å². The third-order valence-corrected chi connectivity index (χ3v) is 1.95. The molecule has 0 radical (unpaired) electrons. The number of nitrogens with zero attached hydrogens (tertiary/aromatic N) is 1. The second-order valence-electron chi connectivity index (χ2n) is 2.84. The Kier molecular flexibility index (Phi) is 2.66. The van der Waals surface area contributed by atoms with E-state index in [0.29, 0.717) is 6.04 Å². The molecule has 0 fully saturated rings. The van der Waals surface area contributed by atoms with E-state index in [1.54, 1.807) is 0 Å². The van der Waals surface area contributed by atoms with Gasteiger partial charge in [-0.05, 0) is 6.92 Å². The van der Waals surface area contributed by atoms with Crippen LogP contribution < -0.4 is 0 Å². The van der Waals surface area contributed by atoms with Crippen LogP contribution in [0.5, 0.6) is 0 Å². The van der Waals surface area contributed by atoms with Crippen molar-refractivity contribution in [1.29, 1.82) is 0 Å². The smallest absolute Gasteiger partial charge is 0.0398 e. The minimum absolute atomic E-state index is 0.329. The van der Waals surface area contributed by atoms with Gasteiger partial charge in [0.15, 0.2) is 0 Å². The monoisotopic (exact) mass is 148 g/mol. The van der Waals surface area contributed by atoms with Crippen LogP contribution >= 0.6 is 0 Å². The first-order chi connectivity index (χ1) is 5.24. The van der Waals surface area contributed by atoms with Crippen LogP contribution in [0.15, 0.2) is 24.3 Å². The number of hydrogen-bond acceptors (Lipinski definition) is 0. The average Bonchev–Trinajstić information content (AvgIpc) is 2.05. The van der Waals surface area contributed by atoms with Crippen molar-refractivity contribution >= 4 is 0 Å². The molecule has 0 saturated heterocycles. The van der Waals surface area contributed by atoms with Gasteiger partial charge in [0, 0.05) is 0 Å². The first-order valence-electron chi connectivity index (χ1n) is 3.89. The van der Waals surface area contributed by atoms with Gasteiger partial charge in [0.2, 0.25) is 0 Å². The Bertz CT molecular complexity index is 213. The predicted octanol–water partition coefficient (Wildman–Crippen LogP) is 3.06. The van der Waals surface area contributed by atoms with E-state index in [-0.39, 0.29) is 0 Å². The average molecular weight is 148 g/mol. The molecule has 1 aromatic carbocycles. The van der Waals surface area contributed by atoms with E-state index in [4.69, 9.17) is 0 Å². The molecule has 0 bridgehead atoms. The number of rotatable bonds is 2. The van der Waals surface area contributed by atoms with Crippen LogP contribution in [0.2, 0.25) is 0 Å². The summed E-state index contributed by atoms with van der Waals surface area (Å²) in [4.78, 5) is 0. The second kappa shape index (κ2) is 3.54. The van der Waals surface area contributed by atoms with Gasteiger partial charge in [-0.1, -0.05) is 42.3 Å². The molecule has 11 heavy (non-hydrogen) atoms. The summed E-state index contributed by atoms with van der Waals surface area (Å²) < 4.78 is 0. The van der Waals surface area contributed by atoms with Crippen molar-refractivity contribution in [3.05, 3.63) is 40.7 Å². The lowest BCUT2D eigenvalue weighted by molar-refractivity contribution is 0.914. The lowest BCUT2D eigenvalue weighted by atomic mass is 10.1. The molecule has 0 amide bonds. The third-order valence-electron chi connectivity index (χ3n) is 1.95. The Morgan fingerprint density at radius 1 is 1.18 bits per heavy atom. The largest absolute Gasteiger partial charge is 0.659 e. The maximum atomic E-state index is 4.19. The summed E-state index contributed by atoms with van der Waals surface area (Å²) in [5.41, 5.74) is 2.59. The molecular weight excluding hydrogens is 134 g/mol. The molecule has 0 heterocycles. The van der Waals surface area contributed by atoms with E-state index in [0.717, 1.165) is 0 Å². The maximum Gasteiger partial charge on any atom is -0.0398 e. The van der Waals surface area contributed by atoms with Gasteiger partial charge >= 0.3 is 0 Å². The van der Waals surface area contributed by atoms with Gasteiger partial charge < -0.3 is 5.32 Å². The maximum absolute atomic E-state index is 4.19. The molecule has 0 aliphatic rings. The quantitative estimate of drug-likeness (QED) is 0.612. The summed E-state index contributed by atoms with van der Waals surface area (Å²) in [6.07, 6.45) is 0. The normalized spacial score (nSPS) is 13.0. The molecule has 0 aliphatic carbocycles. The topological polar surface area (TPSA) is 14.1 Å². The van der Waals surface area contributed by atoms with Gasteiger partial charge in [0.1, 0.15) is 0 Å². The lowest BCUT2D eigenvalue weighted by Crippen LogP contribution is -1.89. The van der Waals surface area contributed by atoms with Crippen molar-refractivity contribution in [1.82, 2.24) is 0 Å². The fourth-order valence-corrected chi connectivity index (χ4v) is 0.994. The Morgan fingerprint density at radius 2 is 1.73 bits per heavy atom. The summed E-state index contributed by atoms with van der Waals surface area (Å²) in [5, 5.41) is 4.19. The van der Waals surface area contributed by atoms with Crippen LogP contribution in [0.1, 0.15) is 24.1 Å². The molecule has 0 aliphatic heterocycles. The molecular formula is C10H14N-. The molecule has 0 aromatic heterocycles. The molecule has 1 rings (SSSR count). The molecule has 0 unspecified atom stereocenters. The van der Waals surface area contributed by atoms with Crippen molar-refractivity contribution in [3.8, 4) is 0 Å². The fourth-order valence-electron chi connectivity index (χ4n) is 0.994. The van der Waals surface area contributed by atoms with Crippen molar-refractivity contribution in [2.45, 2.75) is 19.9 Å². The first-order valence-corrected chi connectivity index (χ1v) is 3.89. The summed E-state index contributed by atoms with van der Waals surface area (Å²) >= 11 is 0. The SMILES string of the molecule is C[N-][C@@H](C)c1ccc(C)cc1. The van der Waals surface area contributed by atoms with Crippen LogP contribution in [0.25, 0.3) is 5.32 Å². The van der Waals surface area contributed by atoms with Crippen molar-refractivity contribution in [2.75, 3.05) is 7.05 Å².